The van der Waals surface area contributed by atoms with Gasteiger partial charge in [0.1, 0.15) is 0 Å². The van der Waals surface area contributed by atoms with Crippen molar-refractivity contribution >= 4 is 39.9 Å². The van der Waals surface area contributed by atoms with Crippen molar-refractivity contribution in [3.05, 3.63) is 28.7 Å². The largest absolute Gasteiger partial charge is 0.369 e. The van der Waals surface area contributed by atoms with E-state index >= 15 is 0 Å². The normalized spacial score (nSPS) is 24.7. The van der Waals surface area contributed by atoms with Gasteiger partial charge in [0.05, 0.1) is 6.04 Å². The Morgan fingerprint density at radius 2 is 2.05 bits per heavy atom. The van der Waals surface area contributed by atoms with Gasteiger partial charge in [0.2, 0.25) is 5.91 Å². The molecule has 2 fully saturated rings. The van der Waals surface area contributed by atoms with Gasteiger partial charge in [-0.05, 0) is 50.1 Å². The maximum absolute atomic E-state index is 12.1. The highest BCUT2D eigenvalue weighted by molar-refractivity contribution is 9.10. The first kappa shape index (κ1) is 16.6. The molecule has 3 rings (SSSR count). The van der Waals surface area contributed by atoms with Crippen LogP contribution in [0.5, 0.6) is 0 Å². The lowest BCUT2D eigenvalue weighted by atomic mass is 10.2. The molecule has 116 valence electrons. The first-order valence-corrected chi connectivity index (χ1v) is 8.06. The highest BCUT2D eigenvalue weighted by Gasteiger charge is 2.28. The van der Waals surface area contributed by atoms with Crippen molar-refractivity contribution in [2.75, 3.05) is 24.5 Å². The van der Waals surface area contributed by atoms with Gasteiger partial charge in [0.25, 0.3) is 0 Å². The molecule has 2 heterocycles. The van der Waals surface area contributed by atoms with E-state index in [-0.39, 0.29) is 30.4 Å². The van der Waals surface area contributed by atoms with Crippen LogP contribution in [-0.4, -0.2) is 37.6 Å². The summed E-state index contributed by atoms with van der Waals surface area (Å²) in [4.78, 5) is 14.4. The molecule has 2 atom stereocenters. The lowest BCUT2D eigenvalue weighted by Gasteiger charge is -2.20. The summed E-state index contributed by atoms with van der Waals surface area (Å²) in [5, 5.41) is 6.43. The molecule has 1 aromatic rings. The molecule has 2 aliphatic heterocycles. The second kappa shape index (κ2) is 7.47. The Balaban J connectivity index is 0.00000161. The highest BCUT2D eigenvalue weighted by atomic mass is 79.9. The average Bonchev–Trinajstić information content (AvgIpc) is 3.10. The molecule has 1 aromatic carbocycles. The number of carbonyl (C=O) groups excluding carboxylic acids is 1. The fourth-order valence-electron chi connectivity index (χ4n) is 2.97. The van der Waals surface area contributed by atoms with E-state index in [0.717, 1.165) is 43.4 Å². The van der Waals surface area contributed by atoms with Crippen LogP contribution < -0.4 is 15.5 Å². The van der Waals surface area contributed by atoms with Gasteiger partial charge in [-0.3, -0.25) is 4.79 Å². The van der Waals surface area contributed by atoms with Crippen molar-refractivity contribution in [2.45, 2.75) is 31.3 Å². The average molecular weight is 375 g/mol. The third-order valence-electron chi connectivity index (χ3n) is 4.10. The van der Waals surface area contributed by atoms with Crippen LogP contribution in [0.15, 0.2) is 28.7 Å². The van der Waals surface area contributed by atoms with Crippen molar-refractivity contribution < 1.29 is 4.79 Å². The molecule has 2 aliphatic rings. The minimum Gasteiger partial charge on any atom is -0.369 e. The Hall–Kier alpha value is -0.780. The number of rotatable bonds is 3. The summed E-state index contributed by atoms with van der Waals surface area (Å²) >= 11 is 3.45. The lowest BCUT2D eigenvalue weighted by Crippen LogP contribution is -2.46. The van der Waals surface area contributed by atoms with Gasteiger partial charge in [-0.25, -0.2) is 0 Å². The van der Waals surface area contributed by atoms with E-state index in [1.54, 1.807) is 0 Å². The zero-order valence-electron chi connectivity index (χ0n) is 11.8. The van der Waals surface area contributed by atoms with Crippen molar-refractivity contribution in [3.63, 3.8) is 0 Å². The molecule has 0 radical (unpaired) electrons. The number of hydrogen-bond acceptors (Lipinski definition) is 3. The van der Waals surface area contributed by atoms with Crippen LogP contribution in [0.4, 0.5) is 5.69 Å². The molecule has 2 saturated heterocycles. The minimum atomic E-state index is 0. The Morgan fingerprint density at radius 1 is 1.29 bits per heavy atom. The number of halogens is 2. The monoisotopic (exact) mass is 373 g/mol. The predicted molar refractivity (Wildman–Crippen MR) is 91.2 cm³/mol. The van der Waals surface area contributed by atoms with Crippen LogP contribution >= 0.6 is 28.3 Å². The predicted octanol–water partition coefficient (Wildman–Crippen LogP) is 2.32. The Bertz CT molecular complexity index is 476. The molecule has 0 aliphatic carbocycles. The van der Waals surface area contributed by atoms with E-state index in [1.807, 2.05) is 0 Å². The number of nitrogens with zero attached hydrogens (tertiary/aromatic N) is 1. The number of benzene rings is 1. The van der Waals surface area contributed by atoms with Gasteiger partial charge in [-0.2, -0.15) is 0 Å². The van der Waals surface area contributed by atoms with Gasteiger partial charge >= 0.3 is 0 Å². The zero-order chi connectivity index (χ0) is 13.9. The molecule has 0 aromatic heterocycles. The summed E-state index contributed by atoms with van der Waals surface area (Å²) in [5.41, 5.74) is 1.23. The van der Waals surface area contributed by atoms with E-state index in [4.69, 9.17) is 0 Å². The lowest BCUT2D eigenvalue weighted by molar-refractivity contribution is -0.123. The molecule has 0 spiro atoms. The summed E-state index contributed by atoms with van der Waals surface area (Å²) in [7, 11) is 0. The van der Waals surface area contributed by atoms with Crippen LogP contribution in [0.3, 0.4) is 0 Å². The third-order valence-corrected chi connectivity index (χ3v) is 4.63. The van der Waals surface area contributed by atoms with Gasteiger partial charge in [0.15, 0.2) is 0 Å². The van der Waals surface area contributed by atoms with Crippen molar-refractivity contribution in [1.82, 2.24) is 10.6 Å². The summed E-state index contributed by atoms with van der Waals surface area (Å²) in [6.07, 6.45) is 3.09. The quantitative estimate of drug-likeness (QED) is 0.853. The molecular weight excluding hydrogens is 354 g/mol. The molecular formula is C15H21BrClN3O. The molecule has 2 unspecified atom stereocenters. The summed E-state index contributed by atoms with van der Waals surface area (Å²) in [5.74, 6) is 0.171. The standard InChI is InChI=1S/C15H20BrN3O.ClH/c16-11-3-5-13(6-4-11)19-9-7-12(10-19)18-15(20)14-2-1-8-17-14;/h3-6,12,14,17H,1-2,7-10H2,(H,18,20);1H. The fraction of sp³-hybridized carbons (Fsp3) is 0.533. The van der Waals surface area contributed by atoms with Crippen LogP contribution in [0.2, 0.25) is 0 Å². The molecule has 1 amide bonds. The molecule has 4 nitrogen and oxygen atoms in total. The summed E-state index contributed by atoms with van der Waals surface area (Å²) in [6, 6.07) is 8.65. The number of amides is 1. The van der Waals surface area contributed by atoms with Gasteiger partial charge < -0.3 is 15.5 Å². The van der Waals surface area contributed by atoms with E-state index in [2.05, 4.69) is 55.7 Å². The van der Waals surface area contributed by atoms with Gasteiger partial charge in [-0.15, -0.1) is 12.4 Å². The van der Waals surface area contributed by atoms with E-state index in [1.165, 1.54) is 5.69 Å². The van der Waals surface area contributed by atoms with Crippen LogP contribution in [-0.2, 0) is 4.79 Å². The van der Waals surface area contributed by atoms with Crippen molar-refractivity contribution in [1.29, 1.82) is 0 Å². The number of hydrogen-bond donors (Lipinski definition) is 2. The summed E-state index contributed by atoms with van der Waals surface area (Å²) in [6.45, 7) is 2.87. The maximum atomic E-state index is 12.1. The van der Waals surface area contributed by atoms with Gasteiger partial charge in [-0.1, -0.05) is 15.9 Å². The molecule has 6 heteroatoms. The summed E-state index contributed by atoms with van der Waals surface area (Å²) < 4.78 is 1.10. The van der Waals surface area contributed by atoms with E-state index in [0.29, 0.717) is 0 Å². The van der Waals surface area contributed by atoms with Gasteiger partial charge in [0, 0.05) is 29.3 Å². The maximum Gasteiger partial charge on any atom is 0.237 e. The topological polar surface area (TPSA) is 44.4 Å². The molecule has 0 bridgehead atoms. The van der Waals surface area contributed by atoms with Crippen LogP contribution in [0.25, 0.3) is 0 Å². The third kappa shape index (κ3) is 4.11. The highest BCUT2D eigenvalue weighted by Crippen LogP contribution is 2.22. The van der Waals surface area contributed by atoms with Crippen molar-refractivity contribution in [2.24, 2.45) is 0 Å². The second-order valence-electron chi connectivity index (χ2n) is 5.57. The van der Waals surface area contributed by atoms with E-state index < -0.39 is 0 Å². The number of carbonyl (C=O) groups is 1. The van der Waals surface area contributed by atoms with Crippen molar-refractivity contribution in [3.8, 4) is 0 Å². The first-order valence-electron chi connectivity index (χ1n) is 7.26. The fourth-order valence-corrected chi connectivity index (χ4v) is 3.24. The van der Waals surface area contributed by atoms with E-state index in [9.17, 15) is 4.79 Å². The smallest absolute Gasteiger partial charge is 0.237 e. The molecule has 0 saturated carbocycles. The zero-order valence-corrected chi connectivity index (χ0v) is 14.3. The number of anilines is 1. The minimum absolute atomic E-state index is 0. The molecule has 2 N–H and O–H groups in total. The Kier molecular flexibility index (Phi) is 5.90. The van der Waals surface area contributed by atoms with Crippen LogP contribution in [0.1, 0.15) is 19.3 Å². The molecule has 21 heavy (non-hydrogen) atoms. The Morgan fingerprint density at radius 3 is 2.71 bits per heavy atom. The Labute approximate surface area is 140 Å². The SMILES string of the molecule is Cl.O=C(NC1CCN(c2ccc(Br)cc2)C1)C1CCCN1. The second-order valence-corrected chi connectivity index (χ2v) is 6.48. The first-order chi connectivity index (χ1) is 9.72. The number of nitrogens with one attached hydrogen (secondary N) is 2. The van der Waals surface area contributed by atoms with Crippen LogP contribution in [0, 0.1) is 0 Å².